The zero-order valence-electron chi connectivity index (χ0n) is 12.1. The molecule has 0 heterocycles. The minimum Gasteiger partial charge on any atom is -0.379 e. The summed E-state index contributed by atoms with van der Waals surface area (Å²) in [6.45, 7) is 9.00. The third kappa shape index (κ3) is 3.94. The van der Waals surface area contributed by atoms with Gasteiger partial charge in [-0.15, -0.1) is 0 Å². The molecule has 0 saturated heterocycles. The largest absolute Gasteiger partial charge is 0.379 e. The van der Waals surface area contributed by atoms with Crippen LogP contribution in [0.15, 0.2) is 0 Å². The fourth-order valence-corrected chi connectivity index (χ4v) is 3.15. The monoisotopic (exact) mass is 242 g/mol. The Hall–Kier alpha value is -0.120. The topological polar surface area (TPSA) is 47.3 Å². The average Bonchev–Trinajstić information content (AvgIpc) is 2.25. The second-order valence-corrected chi connectivity index (χ2v) is 6.73. The molecule has 3 nitrogen and oxygen atoms in total. The van der Waals surface area contributed by atoms with Gasteiger partial charge in [0.05, 0.1) is 12.1 Å². The maximum atomic E-state index is 5.78. The summed E-state index contributed by atoms with van der Waals surface area (Å²) in [5.74, 6) is 7.31. The number of hydrogen-bond donors (Lipinski definition) is 2. The number of hydrazine groups is 1. The lowest BCUT2D eigenvalue weighted by Gasteiger charge is -2.41. The number of nitrogens with one attached hydrogen (secondary N) is 1. The first-order valence-corrected chi connectivity index (χ1v) is 6.89. The predicted molar refractivity (Wildman–Crippen MR) is 72.5 cm³/mol. The van der Waals surface area contributed by atoms with Crippen LogP contribution in [0, 0.1) is 17.3 Å². The Bertz CT molecular complexity index is 217. The standard InChI is InChI=1S/C14H30N2O/c1-10-6-8-11(9-7-10)12(16-15)13(17-5)14(2,3)4/h10-13,16H,6-9,15H2,1-5H3. The Morgan fingerprint density at radius 1 is 1.18 bits per heavy atom. The summed E-state index contributed by atoms with van der Waals surface area (Å²) in [6, 6.07) is 0.271. The minimum atomic E-state index is 0.120. The molecular formula is C14H30N2O. The van der Waals surface area contributed by atoms with E-state index in [0.29, 0.717) is 5.92 Å². The van der Waals surface area contributed by atoms with Crippen LogP contribution in [0.5, 0.6) is 0 Å². The van der Waals surface area contributed by atoms with Crippen LogP contribution >= 0.6 is 0 Å². The zero-order chi connectivity index (χ0) is 13.1. The Balaban J connectivity index is 2.69. The SMILES string of the molecule is COC(C(NN)C1CCC(C)CC1)C(C)(C)C. The van der Waals surface area contributed by atoms with Crippen molar-refractivity contribution in [3.63, 3.8) is 0 Å². The van der Waals surface area contributed by atoms with Crippen LogP contribution in [0.25, 0.3) is 0 Å². The molecule has 17 heavy (non-hydrogen) atoms. The van der Waals surface area contributed by atoms with Crippen LogP contribution in [0.4, 0.5) is 0 Å². The van der Waals surface area contributed by atoms with Gasteiger partial charge in [-0.3, -0.25) is 11.3 Å². The lowest BCUT2D eigenvalue weighted by molar-refractivity contribution is -0.0326. The first-order chi connectivity index (χ1) is 7.90. The van der Waals surface area contributed by atoms with Crippen molar-refractivity contribution in [2.45, 2.75) is 65.5 Å². The molecule has 0 radical (unpaired) electrons. The quantitative estimate of drug-likeness (QED) is 0.588. The number of rotatable bonds is 4. The second kappa shape index (κ2) is 6.17. The van der Waals surface area contributed by atoms with E-state index < -0.39 is 0 Å². The minimum absolute atomic E-state index is 0.120. The van der Waals surface area contributed by atoms with Crippen molar-refractivity contribution in [1.29, 1.82) is 0 Å². The van der Waals surface area contributed by atoms with Crippen LogP contribution in [-0.4, -0.2) is 19.3 Å². The molecule has 0 amide bonds. The Kier molecular flexibility index (Phi) is 5.42. The van der Waals surface area contributed by atoms with Gasteiger partial charge in [0.25, 0.3) is 0 Å². The molecule has 1 rings (SSSR count). The van der Waals surface area contributed by atoms with Gasteiger partial charge in [-0.1, -0.05) is 40.5 Å². The number of hydrogen-bond acceptors (Lipinski definition) is 3. The lowest BCUT2D eigenvalue weighted by atomic mass is 9.73. The maximum absolute atomic E-state index is 5.78. The van der Waals surface area contributed by atoms with Crippen LogP contribution in [0.2, 0.25) is 0 Å². The normalized spacial score (nSPS) is 30.0. The lowest BCUT2D eigenvalue weighted by Crippen LogP contribution is -2.54. The molecule has 102 valence electrons. The molecule has 0 aliphatic heterocycles. The van der Waals surface area contributed by atoms with Gasteiger partial charge in [0.1, 0.15) is 0 Å². The number of nitrogens with two attached hydrogens (primary N) is 1. The molecule has 1 saturated carbocycles. The Morgan fingerprint density at radius 3 is 2.06 bits per heavy atom. The molecule has 0 aromatic heterocycles. The van der Waals surface area contributed by atoms with Crippen molar-refractivity contribution in [3.05, 3.63) is 0 Å². The van der Waals surface area contributed by atoms with Crippen molar-refractivity contribution >= 4 is 0 Å². The van der Waals surface area contributed by atoms with E-state index in [0.717, 1.165) is 5.92 Å². The molecule has 0 aromatic rings. The third-order valence-electron chi connectivity index (χ3n) is 4.19. The van der Waals surface area contributed by atoms with E-state index in [1.165, 1.54) is 25.7 Å². The van der Waals surface area contributed by atoms with E-state index in [4.69, 9.17) is 10.6 Å². The van der Waals surface area contributed by atoms with Gasteiger partial charge in [-0.2, -0.15) is 0 Å². The number of ether oxygens (including phenoxy) is 1. The fraction of sp³-hybridized carbons (Fsp3) is 1.00. The molecule has 3 heteroatoms. The maximum Gasteiger partial charge on any atom is 0.0788 e. The van der Waals surface area contributed by atoms with Gasteiger partial charge < -0.3 is 4.74 Å². The molecule has 1 aliphatic carbocycles. The van der Waals surface area contributed by atoms with E-state index in [9.17, 15) is 0 Å². The summed E-state index contributed by atoms with van der Waals surface area (Å²) in [7, 11) is 1.80. The van der Waals surface area contributed by atoms with E-state index >= 15 is 0 Å². The van der Waals surface area contributed by atoms with E-state index in [-0.39, 0.29) is 17.6 Å². The van der Waals surface area contributed by atoms with Gasteiger partial charge >= 0.3 is 0 Å². The first-order valence-electron chi connectivity index (χ1n) is 6.89. The van der Waals surface area contributed by atoms with E-state index in [1.807, 2.05) is 0 Å². The molecule has 0 bridgehead atoms. The van der Waals surface area contributed by atoms with Gasteiger partial charge in [-0.05, 0) is 30.1 Å². The third-order valence-corrected chi connectivity index (χ3v) is 4.19. The van der Waals surface area contributed by atoms with Crippen LogP contribution in [0.3, 0.4) is 0 Å². The summed E-state index contributed by atoms with van der Waals surface area (Å²) in [5.41, 5.74) is 3.14. The summed E-state index contributed by atoms with van der Waals surface area (Å²) in [4.78, 5) is 0. The van der Waals surface area contributed by atoms with Gasteiger partial charge in [0.15, 0.2) is 0 Å². The van der Waals surface area contributed by atoms with E-state index in [1.54, 1.807) is 7.11 Å². The second-order valence-electron chi connectivity index (χ2n) is 6.73. The van der Waals surface area contributed by atoms with E-state index in [2.05, 4.69) is 33.1 Å². The Labute approximate surface area is 106 Å². The summed E-state index contributed by atoms with van der Waals surface area (Å²) in [5, 5.41) is 0. The molecule has 1 aliphatic rings. The van der Waals surface area contributed by atoms with Crippen molar-refractivity contribution in [3.8, 4) is 0 Å². The molecule has 0 aromatic carbocycles. The average molecular weight is 242 g/mol. The predicted octanol–water partition coefficient (Wildman–Crippen LogP) is 2.71. The van der Waals surface area contributed by atoms with Crippen LogP contribution in [0.1, 0.15) is 53.4 Å². The summed E-state index contributed by atoms with van der Waals surface area (Å²) < 4.78 is 5.71. The van der Waals surface area contributed by atoms with Crippen molar-refractivity contribution in [2.24, 2.45) is 23.1 Å². The van der Waals surface area contributed by atoms with Gasteiger partial charge in [-0.25, -0.2) is 0 Å². The zero-order valence-corrected chi connectivity index (χ0v) is 12.1. The van der Waals surface area contributed by atoms with Crippen LogP contribution < -0.4 is 11.3 Å². The first kappa shape index (κ1) is 14.9. The van der Waals surface area contributed by atoms with Gasteiger partial charge in [0, 0.05) is 7.11 Å². The molecule has 2 atom stereocenters. The van der Waals surface area contributed by atoms with Gasteiger partial charge in [0.2, 0.25) is 0 Å². The molecule has 2 unspecified atom stereocenters. The number of methoxy groups -OCH3 is 1. The van der Waals surface area contributed by atoms with Crippen molar-refractivity contribution in [1.82, 2.24) is 5.43 Å². The molecule has 0 spiro atoms. The smallest absolute Gasteiger partial charge is 0.0788 e. The molecular weight excluding hydrogens is 212 g/mol. The summed E-state index contributed by atoms with van der Waals surface area (Å²) in [6.07, 6.45) is 5.36. The van der Waals surface area contributed by atoms with Crippen molar-refractivity contribution in [2.75, 3.05) is 7.11 Å². The molecule has 1 fully saturated rings. The Morgan fingerprint density at radius 2 is 1.71 bits per heavy atom. The fourth-order valence-electron chi connectivity index (χ4n) is 3.15. The highest BCUT2D eigenvalue weighted by Gasteiger charge is 2.37. The highest BCUT2D eigenvalue weighted by atomic mass is 16.5. The summed E-state index contributed by atoms with van der Waals surface area (Å²) >= 11 is 0. The van der Waals surface area contributed by atoms with Crippen molar-refractivity contribution < 1.29 is 4.74 Å². The highest BCUT2D eigenvalue weighted by molar-refractivity contribution is 4.91. The van der Waals surface area contributed by atoms with Crippen LogP contribution in [-0.2, 0) is 4.74 Å². The molecule has 3 N–H and O–H groups in total. The highest BCUT2D eigenvalue weighted by Crippen LogP contribution is 2.35.